The second-order valence-electron chi connectivity index (χ2n) is 4.37. The van der Waals surface area contributed by atoms with E-state index in [-0.39, 0.29) is 11.3 Å². The Bertz CT molecular complexity index is 559. The highest BCUT2D eigenvalue weighted by atomic mass is 32.2. The van der Waals surface area contributed by atoms with Gasteiger partial charge in [0.15, 0.2) is 0 Å². The maximum atomic E-state index is 12.5. The minimum atomic E-state index is 0.104. The van der Waals surface area contributed by atoms with E-state index in [0.29, 0.717) is 0 Å². The number of hydrogen-bond donors (Lipinski definition) is 0. The molecule has 3 rings (SSSR count). The van der Waals surface area contributed by atoms with E-state index in [9.17, 15) is 4.79 Å². The lowest BCUT2D eigenvalue weighted by atomic mass is 10.1. The molecule has 0 radical (unpaired) electrons. The Kier molecular flexibility index (Phi) is 3.51. The maximum Gasteiger partial charge on any atom is 0.255 e. The molecule has 1 fully saturated rings. The van der Waals surface area contributed by atoms with Gasteiger partial charge in [0.2, 0.25) is 0 Å². The van der Waals surface area contributed by atoms with Crippen LogP contribution in [0, 0.1) is 0 Å². The van der Waals surface area contributed by atoms with E-state index in [1.165, 1.54) is 0 Å². The van der Waals surface area contributed by atoms with Gasteiger partial charge >= 0.3 is 0 Å². The van der Waals surface area contributed by atoms with Gasteiger partial charge in [-0.05, 0) is 29.8 Å². The predicted octanol–water partition coefficient (Wildman–Crippen LogP) is 2.97. The molecule has 1 saturated heterocycles. The molecule has 2 heterocycles. The average Bonchev–Trinajstić information content (AvgIpc) is 2.98. The van der Waals surface area contributed by atoms with Crippen molar-refractivity contribution in [2.75, 3.05) is 12.3 Å². The van der Waals surface area contributed by atoms with Gasteiger partial charge in [0.1, 0.15) is 5.37 Å². The Balaban J connectivity index is 1.86. The molecule has 1 amide bonds. The molecule has 1 aromatic heterocycles. The van der Waals surface area contributed by atoms with Crippen LogP contribution in [-0.4, -0.2) is 28.1 Å². The van der Waals surface area contributed by atoms with Crippen molar-refractivity contribution >= 4 is 17.7 Å². The van der Waals surface area contributed by atoms with Crippen molar-refractivity contribution in [2.45, 2.75) is 5.37 Å². The number of carbonyl (C=O) groups is 1. The standard InChI is InChI=1S/C15H14N2OS/c18-14(12-4-2-1-3-5-12)17-10-11-19-15(17)13-6-8-16-9-7-13/h1-9,15H,10-11H2. The summed E-state index contributed by atoms with van der Waals surface area (Å²) in [4.78, 5) is 18.5. The van der Waals surface area contributed by atoms with Crippen LogP contribution in [0.1, 0.15) is 21.3 Å². The summed E-state index contributed by atoms with van der Waals surface area (Å²) in [5, 5.41) is 0.107. The number of nitrogens with zero attached hydrogens (tertiary/aromatic N) is 2. The van der Waals surface area contributed by atoms with E-state index >= 15 is 0 Å². The Morgan fingerprint density at radius 2 is 1.89 bits per heavy atom. The van der Waals surface area contributed by atoms with Crippen molar-refractivity contribution in [3.8, 4) is 0 Å². The molecule has 19 heavy (non-hydrogen) atoms. The number of pyridine rings is 1. The summed E-state index contributed by atoms with van der Waals surface area (Å²) in [5.74, 6) is 1.08. The monoisotopic (exact) mass is 270 g/mol. The van der Waals surface area contributed by atoms with Gasteiger partial charge < -0.3 is 4.90 Å². The van der Waals surface area contributed by atoms with Crippen LogP contribution in [-0.2, 0) is 0 Å². The van der Waals surface area contributed by atoms with Gasteiger partial charge in [-0.1, -0.05) is 18.2 Å². The van der Waals surface area contributed by atoms with Crippen LogP contribution in [0.4, 0.5) is 0 Å². The van der Waals surface area contributed by atoms with Gasteiger partial charge in [0.05, 0.1) is 0 Å². The number of carbonyl (C=O) groups excluding carboxylic acids is 1. The molecule has 1 atom stereocenters. The van der Waals surface area contributed by atoms with Crippen molar-refractivity contribution < 1.29 is 4.79 Å². The molecule has 0 saturated carbocycles. The van der Waals surface area contributed by atoms with Crippen LogP contribution in [0.3, 0.4) is 0 Å². The molecule has 2 aromatic rings. The van der Waals surface area contributed by atoms with Crippen molar-refractivity contribution in [1.82, 2.24) is 9.88 Å². The number of aromatic nitrogens is 1. The van der Waals surface area contributed by atoms with Crippen LogP contribution in [0.15, 0.2) is 54.9 Å². The molecule has 0 N–H and O–H groups in total. The fourth-order valence-electron chi connectivity index (χ4n) is 2.23. The Labute approximate surface area is 116 Å². The second-order valence-corrected chi connectivity index (χ2v) is 5.56. The van der Waals surface area contributed by atoms with Crippen molar-refractivity contribution in [1.29, 1.82) is 0 Å². The predicted molar refractivity (Wildman–Crippen MR) is 76.9 cm³/mol. The minimum absolute atomic E-state index is 0.104. The molecule has 3 nitrogen and oxygen atoms in total. The third-order valence-corrected chi connectivity index (χ3v) is 4.42. The Hall–Kier alpha value is -1.81. The molecule has 0 spiro atoms. The normalized spacial score (nSPS) is 18.5. The molecule has 1 unspecified atom stereocenters. The van der Waals surface area contributed by atoms with Crippen LogP contribution in [0.25, 0.3) is 0 Å². The van der Waals surface area contributed by atoms with Gasteiger partial charge in [-0.25, -0.2) is 0 Å². The SMILES string of the molecule is O=C(c1ccccc1)N1CCSC1c1ccncc1. The summed E-state index contributed by atoms with van der Waals surface area (Å²) in [6.45, 7) is 0.797. The highest BCUT2D eigenvalue weighted by Crippen LogP contribution is 2.38. The fraction of sp³-hybridized carbons (Fsp3) is 0.200. The van der Waals surface area contributed by atoms with E-state index in [0.717, 1.165) is 23.4 Å². The fourth-order valence-corrected chi connectivity index (χ4v) is 3.48. The van der Waals surface area contributed by atoms with Crippen molar-refractivity contribution in [3.63, 3.8) is 0 Å². The number of thioether (sulfide) groups is 1. The molecule has 96 valence electrons. The topological polar surface area (TPSA) is 33.2 Å². The van der Waals surface area contributed by atoms with Gasteiger partial charge in [-0.15, -0.1) is 11.8 Å². The number of benzene rings is 1. The van der Waals surface area contributed by atoms with E-state index in [1.807, 2.05) is 47.4 Å². The zero-order valence-corrected chi connectivity index (χ0v) is 11.2. The maximum absolute atomic E-state index is 12.5. The van der Waals surface area contributed by atoms with E-state index < -0.39 is 0 Å². The van der Waals surface area contributed by atoms with Gasteiger partial charge in [-0.2, -0.15) is 0 Å². The summed E-state index contributed by atoms with van der Waals surface area (Å²) in [6.07, 6.45) is 3.55. The number of rotatable bonds is 2. The summed E-state index contributed by atoms with van der Waals surface area (Å²) in [6, 6.07) is 13.4. The van der Waals surface area contributed by atoms with Gasteiger partial charge in [0, 0.05) is 30.3 Å². The molecular formula is C15H14N2OS. The molecule has 1 aliphatic heterocycles. The average molecular weight is 270 g/mol. The van der Waals surface area contributed by atoms with E-state index in [2.05, 4.69) is 4.98 Å². The van der Waals surface area contributed by atoms with Gasteiger partial charge in [0.25, 0.3) is 5.91 Å². The van der Waals surface area contributed by atoms with Crippen molar-refractivity contribution in [2.24, 2.45) is 0 Å². The highest BCUT2D eigenvalue weighted by molar-refractivity contribution is 7.99. The van der Waals surface area contributed by atoms with Crippen molar-refractivity contribution in [3.05, 3.63) is 66.0 Å². The number of hydrogen-bond acceptors (Lipinski definition) is 3. The van der Waals surface area contributed by atoms with Crippen LogP contribution < -0.4 is 0 Å². The second kappa shape index (κ2) is 5.45. The molecular weight excluding hydrogens is 256 g/mol. The first-order valence-corrected chi connectivity index (χ1v) is 7.29. The first kappa shape index (κ1) is 12.2. The summed E-state index contributed by atoms with van der Waals surface area (Å²) < 4.78 is 0. The lowest BCUT2D eigenvalue weighted by molar-refractivity contribution is 0.0760. The first-order chi connectivity index (χ1) is 9.36. The largest absolute Gasteiger partial charge is 0.322 e. The molecule has 0 bridgehead atoms. The number of amides is 1. The Morgan fingerprint density at radius 1 is 1.16 bits per heavy atom. The third kappa shape index (κ3) is 2.49. The molecule has 1 aromatic carbocycles. The summed E-state index contributed by atoms with van der Waals surface area (Å²) in [7, 11) is 0. The van der Waals surface area contributed by atoms with E-state index in [1.54, 1.807) is 24.2 Å². The molecule has 1 aliphatic rings. The quantitative estimate of drug-likeness (QED) is 0.841. The summed E-state index contributed by atoms with van der Waals surface area (Å²) >= 11 is 1.80. The zero-order valence-electron chi connectivity index (χ0n) is 10.4. The lowest BCUT2D eigenvalue weighted by Crippen LogP contribution is -2.30. The van der Waals surface area contributed by atoms with Crippen LogP contribution in [0.5, 0.6) is 0 Å². The minimum Gasteiger partial charge on any atom is -0.322 e. The zero-order chi connectivity index (χ0) is 13.1. The van der Waals surface area contributed by atoms with E-state index in [4.69, 9.17) is 0 Å². The van der Waals surface area contributed by atoms with Crippen LogP contribution in [0.2, 0.25) is 0 Å². The molecule has 4 heteroatoms. The highest BCUT2D eigenvalue weighted by Gasteiger charge is 2.30. The first-order valence-electron chi connectivity index (χ1n) is 6.24. The van der Waals surface area contributed by atoms with Crippen LogP contribution >= 0.6 is 11.8 Å². The smallest absolute Gasteiger partial charge is 0.255 e. The molecule has 0 aliphatic carbocycles. The Morgan fingerprint density at radius 3 is 2.63 bits per heavy atom. The van der Waals surface area contributed by atoms with Gasteiger partial charge in [-0.3, -0.25) is 9.78 Å². The third-order valence-electron chi connectivity index (χ3n) is 3.16. The lowest BCUT2D eigenvalue weighted by Gasteiger charge is -2.24. The summed E-state index contributed by atoms with van der Waals surface area (Å²) in [5.41, 5.74) is 1.89.